The topological polar surface area (TPSA) is 69.6 Å². The van der Waals surface area contributed by atoms with Crippen molar-refractivity contribution in [3.8, 4) is 11.4 Å². The van der Waals surface area contributed by atoms with Gasteiger partial charge in [0.1, 0.15) is 6.54 Å². The van der Waals surface area contributed by atoms with Crippen LogP contribution in [0.25, 0.3) is 11.4 Å². The van der Waals surface area contributed by atoms with Gasteiger partial charge in [-0.2, -0.15) is 9.97 Å². The van der Waals surface area contributed by atoms with Gasteiger partial charge in [0.15, 0.2) is 11.6 Å². The summed E-state index contributed by atoms with van der Waals surface area (Å²) in [5.41, 5.74) is 0.844. The second-order valence-electron chi connectivity index (χ2n) is 5.19. The van der Waals surface area contributed by atoms with E-state index in [-0.39, 0.29) is 5.28 Å². The van der Waals surface area contributed by atoms with Gasteiger partial charge in [-0.3, -0.25) is 0 Å². The Labute approximate surface area is 136 Å². The molecule has 0 N–H and O–H groups in total. The van der Waals surface area contributed by atoms with Gasteiger partial charge in [0.05, 0.1) is 0 Å². The number of hydrogen-bond acceptors (Lipinski definition) is 5. The van der Waals surface area contributed by atoms with E-state index in [2.05, 4.69) is 20.2 Å². The summed E-state index contributed by atoms with van der Waals surface area (Å²) >= 11 is 12.0. The first-order valence-electron chi connectivity index (χ1n) is 6.88. The molecule has 0 unspecified atom stereocenters. The molecule has 1 saturated carbocycles. The van der Waals surface area contributed by atoms with E-state index in [1.54, 1.807) is 16.8 Å². The van der Waals surface area contributed by atoms with E-state index >= 15 is 0 Å². The van der Waals surface area contributed by atoms with Crippen molar-refractivity contribution in [3.63, 3.8) is 0 Å². The van der Waals surface area contributed by atoms with E-state index in [4.69, 9.17) is 27.7 Å². The molecular weight excluding hydrogens is 325 g/mol. The maximum absolute atomic E-state index is 6.13. The molecule has 2 aromatic heterocycles. The van der Waals surface area contributed by atoms with Crippen LogP contribution < -0.4 is 0 Å². The SMILES string of the molecule is Clc1ccc(-c2nc(Cl)n(Cc3noc(C4CC4)n3)n2)cc1. The quantitative estimate of drug-likeness (QED) is 0.729. The first-order valence-corrected chi connectivity index (χ1v) is 7.63. The average Bonchev–Trinajstić information content (AvgIpc) is 3.16. The highest BCUT2D eigenvalue weighted by Crippen LogP contribution is 2.38. The number of benzene rings is 1. The number of hydrogen-bond donors (Lipinski definition) is 0. The summed E-state index contributed by atoms with van der Waals surface area (Å²) in [4.78, 5) is 8.61. The van der Waals surface area contributed by atoms with Crippen molar-refractivity contribution in [3.05, 3.63) is 46.3 Å². The zero-order valence-corrected chi connectivity index (χ0v) is 12.9. The predicted octanol–water partition coefficient (Wildman–Crippen LogP) is 3.56. The van der Waals surface area contributed by atoms with Crippen LogP contribution in [-0.2, 0) is 6.54 Å². The summed E-state index contributed by atoms with van der Waals surface area (Å²) in [6.45, 7) is 0.329. The van der Waals surface area contributed by atoms with Crippen LogP contribution in [0.3, 0.4) is 0 Å². The van der Waals surface area contributed by atoms with Crippen LogP contribution >= 0.6 is 23.2 Å². The lowest BCUT2D eigenvalue weighted by molar-refractivity contribution is 0.372. The van der Waals surface area contributed by atoms with Gasteiger partial charge >= 0.3 is 0 Å². The Morgan fingerprint density at radius 3 is 2.64 bits per heavy atom. The summed E-state index contributed by atoms with van der Waals surface area (Å²) in [6, 6.07) is 7.26. The fourth-order valence-electron chi connectivity index (χ4n) is 2.11. The third kappa shape index (κ3) is 2.71. The van der Waals surface area contributed by atoms with Gasteiger partial charge in [-0.1, -0.05) is 16.8 Å². The minimum absolute atomic E-state index is 0.280. The van der Waals surface area contributed by atoms with Gasteiger partial charge in [-0.05, 0) is 48.7 Å². The fraction of sp³-hybridized carbons (Fsp3) is 0.286. The van der Waals surface area contributed by atoms with Crippen molar-refractivity contribution in [2.24, 2.45) is 0 Å². The van der Waals surface area contributed by atoms with Crippen molar-refractivity contribution in [2.75, 3.05) is 0 Å². The molecule has 4 rings (SSSR count). The second-order valence-corrected chi connectivity index (χ2v) is 5.97. The summed E-state index contributed by atoms with van der Waals surface area (Å²) in [5.74, 6) is 2.21. The second kappa shape index (κ2) is 5.37. The van der Waals surface area contributed by atoms with Gasteiger partial charge in [0, 0.05) is 16.5 Å². The molecule has 6 nitrogen and oxygen atoms in total. The number of halogens is 2. The largest absolute Gasteiger partial charge is 0.339 e. The lowest BCUT2D eigenvalue weighted by Gasteiger charge is -1.96. The lowest BCUT2D eigenvalue weighted by Crippen LogP contribution is -2.04. The molecule has 0 atom stereocenters. The van der Waals surface area contributed by atoms with Crippen LogP contribution in [0.4, 0.5) is 0 Å². The van der Waals surface area contributed by atoms with E-state index in [9.17, 15) is 0 Å². The van der Waals surface area contributed by atoms with Gasteiger partial charge in [0.2, 0.25) is 11.2 Å². The van der Waals surface area contributed by atoms with Gasteiger partial charge in [0.25, 0.3) is 0 Å². The Balaban J connectivity index is 1.57. The summed E-state index contributed by atoms with van der Waals surface area (Å²) < 4.78 is 6.77. The van der Waals surface area contributed by atoms with Crippen LogP contribution in [-0.4, -0.2) is 24.9 Å². The molecule has 2 heterocycles. The molecule has 0 saturated heterocycles. The van der Waals surface area contributed by atoms with E-state index in [0.29, 0.717) is 35.0 Å². The molecule has 0 bridgehead atoms. The van der Waals surface area contributed by atoms with Crippen LogP contribution in [0, 0.1) is 0 Å². The van der Waals surface area contributed by atoms with E-state index < -0.39 is 0 Å². The molecule has 1 fully saturated rings. The summed E-state index contributed by atoms with van der Waals surface area (Å²) in [7, 11) is 0. The molecule has 0 aliphatic heterocycles. The highest BCUT2D eigenvalue weighted by Gasteiger charge is 2.29. The molecule has 22 heavy (non-hydrogen) atoms. The molecular formula is C14H11Cl2N5O. The van der Waals surface area contributed by atoms with Crippen LogP contribution in [0.2, 0.25) is 10.3 Å². The zero-order valence-electron chi connectivity index (χ0n) is 11.4. The van der Waals surface area contributed by atoms with Crippen molar-refractivity contribution in [1.29, 1.82) is 0 Å². The van der Waals surface area contributed by atoms with Gasteiger partial charge in [-0.25, -0.2) is 4.68 Å². The Hall–Kier alpha value is -1.92. The first kappa shape index (κ1) is 13.7. The normalized spacial score (nSPS) is 14.5. The maximum Gasteiger partial charge on any atom is 0.229 e. The monoisotopic (exact) mass is 335 g/mol. The Kier molecular flexibility index (Phi) is 3.35. The third-order valence-corrected chi connectivity index (χ3v) is 3.96. The van der Waals surface area contributed by atoms with Crippen molar-refractivity contribution in [1.82, 2.24) is 24.9 Å². The highest BCUT2D eigenvalue weighted by atomic mass is 35.5. The number of rotatable bonds is 4. The van der Waals surface area contributed by atoms with Crippen LogP contribution in [0.1, 0.15) is 30.5 Å². The minimum atomic E-state index is 0.280. The molecule has 1 aliphatic carbocycles. The standard InChI is InChI=1S/C14H11Cl2N5O/c15-10-5-3-8(4-6-10)12-18-14(16)21(19-12)7-11-17-13(22-20-11)9-1-2-9/h3-6,9H,1-2,7H2. The maximum atomic E-state index is 6.13. The fourth-order valence-corrected chi connectivity index (χ4v) is 2.41. The van der Waals surface area contributed by atoms with Crippen molar-refractivity contribution in [2.45, 2.75) is 25.3 Å². The third-order valence-electron chi connectivity index (χ3n) is 3.43. The molecule has 8 heteroatoms. The van der Waals surface area contributed by atoms with E-state index in [1.807, 2.05) is 12.1 Å². The van der Waals surface area contributed by atoms with Crippen LogP contribution in [0.15, 0.2) is 28.8 Å². The molecule has 0 amide bonds. The average molecular weight is 336 g/mol. The van der Waals surface area contributed by atoms with E-state index in [0.717, 1.165) is 18.4 Å². The van der Waals surface area contributed by atoms with Crippen molar-refractivity contribution < 1.29 is 4.52 Å². The predicted molar refractivity (Wildman–Crippen MR) is 80.9 cm³/mol. The highest BCUT2D eigenvalue weighted by molar-refractivity contribution is 6.30. The molecule has 1 aromatic carbocycles. The van der Waals surface area contributed by atoms with E-state index in [1.165, 1.54) is 0 Å². The van der Waals surface area contributed by atoms with Gasteiger partial charge < -0.3 is 4.52 Å². The molecule has 3 aromatic rings. The number of nitrogens with zero attached hydrogens (tertiary/aromatic N) is 5. The molecule has 1 aliphatic rings. The minimum Gasteiger partial charge on any atom is -0.339 e. The van der Waals surface area contributed by atoms with Crippen molar-refractivity contribution >= 4 is 23.2 Å². The lowest BCUT2D eigenvalue weighted by atomic mass is 10.2. The Morgan fingerprint density at radius 1 is 1.14 bits per heavy atom. The Bertz CT molecular complexity index is 807. The Morgan fingerprint density at radius 2 is 1.91 bits per heavy atom. The molecule has 0 spiro atoms. The first-order chi connectivity index (χ1) is 10.7. The number of aromatic nitrogens is 5. The zero-order chi connectivity index (χ0) is 15.1. The van der Waals surface area contributed by atoms with Gasteiger partial charge in [-0.15, -0.1) is 5.10 Å². The summed E-state index contributed by atoms with van der Waals surface area (Å²) in [6.07, 6.45) is 2.23. The molecule has 112 valence electrons. The van der Waals surface area contributed by atoms with Crippen LogP contribution in [0.5, 0.6) is 0 Å². The molecule has 0 radical (unpaired) electrons. The smallest absolute Gasteiger partial charge is 0.229 e. The summed E-state index contributed by atoms with van der Waals surface area (Å²) in [5, 5.41) is 9.28.